The standard InChI is InChI=1S/C8H16O2/c1-8-7-9-5-3-2-4-6-10-8/h8H,2-7H2,1H3. The summed E-state index contributed by atoms with van der Waals surface area (Å²) >= 11 is 0. The summed E-state index contributed by atoms with van der Waals surface area (Å²) < 4.78 is 10.8. The lowest BCUT2D eigenvalue weighted by molar-refractivity contribution is 0.00189. The Hall–Kier alpha value is -0.0800. The van der Waals surface area contributed by atoms with E-state index in [0.29, 0.717) is 0 Å². The van der Waals surface area contributed by atoms with Crippen LogP contribution in [0, 0.1) is 0 Å². The highest BCUT2D eigenvalue weighted by atomic mass is 16.5. The molecule has 1 heterocycles. The third-order valence-electron chi connectivity index (χ3n) is 1.69. The van der Waals surface area contributed by atoms with Crippen molar-refractivity contribution in [2.75, 3.05) is 19.8 Å². The normalized spacial score (nSPS) is 30.3. The maximum Gasteiger partial charge on any atom is 0.0780 e. The minimum atomic E-state index is 0.290. The third kappa shape index (κ3) is 3.18. The second-order valence-corrected chi connectivity index (χ2v) is 2.82. The van der Waals surface area contributed by atoms with Crippen LogP contribution in [0.5, 0.6) is 0 Å². The molecule has 1 atom stereocenters. The zero-order valence-corrected chi connectivity index (χ0v) is 6.64. The Morgan fingerprint density at radius 3 is 2.80 bits per heavy atom. The second kappa shape index (κ2) is 4.69. The number of ether oxygens (including phenoxy) is 2. The SMILES string of the molecule is CC1COCCCCCO1. The van der Waals surface area contributed by atoms with Crippen LogP contribution in [0.3, 0.4) is 0 Å². The van der Waals surface area contributed by atoms with Gasteiger partial charge in [0.1, 0.15) is 0 Å². The Bertz CT molecular complexity index is 73.3. The molecule has 2 heteroatoms. The predicted octanol–water partition coefficient (Wildman–Crippen LogP) is 1.59. The molecule has 1 rings (SSSR count). The second-order valence-electron chi connectivity index (χ2n) is 2.82. The lowest BCUT2D eigenvalue weighted by Gasteiger charge is -2.09. The highest BCUT2D eigenvalue weighted by molar-refractivity contribution is 4.51. The zero-order valence-electron chi connectivity index (χ0n) is 6.64. The molecule has 1 aliphatic heterocycles. The molecular formula is C8H16O2. The van der Waals surface area contributed by atoms with Gasteiger partial charge in [0.25, 0.3) is 0 Å². The fourth-order valence-electron chi connectivity index (χ4n) is 1.06. The first kappa shape index (κ1) is 8.02. The fourth-order valence-corrected chi connectivity index (χ4v) is 1.06. The minimum Gasteiger partial charge on any atom is -0.379 e. The van der Waals surface area contributed by atoms with Gasteiger partial charge < -0.3 is 9.47 Å². The number of hydrogen-bond acceptors (Lipinski definition) is 2. The van der Waals surface area contributed by atoms with Crippen LogP contribution >= 0.6 is 0 Å². The highest BCUT2D eigenvalue weighted by Crippen LogP contribution is 2.03. The van der Waals surface area contributed by atoms with Gasteiger partial charge >= 0.3 is 0 Å². The van der Waals surface area contributed by atoms with Gasteiger partial charge in [0, 0.05) is 13.2 Å². The van der Waals surface area contributed by atoms with E-state index in [4.69, 9.17) is 9.47 Å². The fraction of sp³-hybridized carbons (Fsp3) is 1.00. The molecule has 0 aromatic heterocycles. The Morgan fingerprint density at radius 1 is 1.10 bits per heavy atom. The molecule has 2 nitrogen and oxygen atoms in total. The van der Waals surface area contributed by atoms with Gasteiger partial charge in [-0.2, -0.15) is 0 Å². The van der Waals surface area contributed by atoms with Crippen molar-refractivity contribution in [1.29, 1.82) is 0 Å². The summed E-state index contributed by atoms with van der Waals surface area (Å²) in [7, 11) is 0. The lowest BCUT2D eigenvalue weighted by atomic mass is 10.2. The Kier molecular flexibility index (Phi) is 3.76. The largest absolute Gasteiger partial charge is 0.379 e. The summed E-state index contributed by atoms with van der Waals surface area (Å²) in [4.78, 5) is 0. The molecule has 0 aromatic carbocycles. The third-order valence-corrected chi connectivity index (χ3v) is 1.69. The molecule has 0 aromatic rings. The Morgan fingerprint density at radius 2 is 1.90 bits per heavy atom. The summed E-state index contributed by atoms with van der Waals surface area (Å²) in [5.74, 6) is 0. The maximum atomic E-state index is 5.44. The molecule has 60 valence electrons. The molecule has 0 aliphatic carbocycles. The van der Waals surface area contributed by atoms with Crippen molar-refractivity contribution in [2.24, 2.45) is 0 Å². The van der Waals surface area contributed by atoms with Crippen LogP contribution in [-0.4, -0.2) is 25.9 Å². The van der Waals surface area contributed by atoms with Crippen LogP contribution in [0.2, 0.25) is 0 Å². The van der Waals surface area contributed by atoms with Crippen molar-refractivity contribution in [1.82, 2.24) is 0 Å². The van der Waals surface area contributed by atoms with E-state index < -0.39 is 0 Å². The topological polar surface area (TPSA) is 18.5 Å². The monoisotopic (exact) mass is 144 g/mol. The molecule has 0 spiro atoms. The average Bonchev–Trinajstić information content (AvgIpc) is 2.02. The minimum absolute atomic E-state index is 0.290. The number of rotatable bonds is 0. The summed E-state index contributed by atoms with van der Waals surface area (Å²) in [6.45, 7) is 4.64. The van der Waals surface area contributed by atoms with Crippen LogP contribution in [0.1, 0.15) is 26.2 Å². The average molecular weight is 144 g/mol. The van der Waals surface area contributed by atoms with Crippen molar-refractivity contribution in [3.05, 3.63) is 0 Å². The van der Waals surface area contributed by atoms with Crippen LogP contribution in [0.25, 0.3) is 0 Å². The first-order valence-corrected chi connectivity index (χ1v) is 4.09. The van der Waals surface area contributed by atoms with E-state index in [9.17, 15) is 0 Å². The smallest absolute Gasteiger partial charge is 0.0780 e. The summed E-state index contributed by atoms with van der Waals surface area (Å²) in [6, 6.07) is 0. The molecule has 0 radical (unpaired) electrons. The van der Waals surface area contributed by atoms with E-state index in [1.165, 1.54) is 19.3 Å². The summed E-state index contributed by atoms with van der Waals surface area (Å²) in [6.07, 6.45) is 3.91. The molecule has 1 aliphatic rings. The van der Waals surface area contributed by atoms with Gasteiger partial charge in [-0.25, -0.2) is 0 Å². The quantitative estimate of drug-likeness (QED) is 0.514. The van der Waals surface area contributed by atoms with Crippen LogP contribution in [0.4, 0.5) is 0 Å². The molecule has 0 bridgehead atoms. The predicted molar refractivity (Wildman–Crippen MR) is 40.1 cm³/mol. The Balaban J connectivity index is 2.15. The maximum absolute atomic E-state index is 5.44. The first-order chi connectivity index (χ1) is 4.89. The first-order valence-electron chi connectivity index (χ1n) is 4.09. The number of hydrogen-bond donors (Lipinski definition) is 0. The highest BCUT2D eigenvalue weighted by Gasteiger charge is 2.03. The van der Waals surface area contributed by atoms with E-state index in [0.717, 1.165) is 19.8 Å². The van der Waals surface area contributed by atoms with Gasteiger partial charge in [0.2, 0.25) is 0 Å². The van der Waals surface area contributed by atoms with Crippen molar-refractivity contribution < 1.29 is 9.47 Å². The molecule has 0 N–H and O–H groups in total. The lowest BCUT2D eigenvalue weighted by Crippen LogP contribution is -2.15. The summed E-state index contributed by atoms with van der Waals surface area (Å²) in [5.41, 5.74) is 0. The van der Waals surface area contributed by atoms with Crippen molar-refractivity contribution >= 4 is 0 Å². The Labute approximate surface area is 62.5 Å². The van der Waals surface area contributed by atoms with Crippen LogP contribution in [0.15, 0.2) is 0 Å². The molecule has 0 amide bonds. The van der Waals surface area contributed by atoms with E-state index >= 15 is 0 Å². The van der Waals surface area contributed by atoms with Gasteiger partial charge in [-0.05, 0) is 26.2 Å². The van der Waals surface area contributed by atoms with Gasteiger partial charge in [0.05, 0.1) is 12.7 Å². The molecule has 1 unspecified atom stereocenters. The van der Waals surface area contributed by atoms with E-state index in [-0.39, 0.29) is 6.10 Å². The van der Waals surface area contributed by atoms with Crippen molar-refractivity contribution in [2.45, 2.75) is 32.3 Å². The van der Waals surface area contributed by atoms with Crippen molar-refractivity contribution in [3.63, 3.8) is 0 Å². The van der Waals surface area contributed by atoms with E-state index in [1.54, 1.807) is 0 Å². The van der Waals surface area contributed by atoms with E-state index in [2.05, 4.69) is 6.92 Å². The van der Waals surface area contributed by atoms with E-state index in [1.807, 2.05) is 0 Å². The zero-order chi connectivity index (χ0) is 7.23. The van der Waals surface area contributed by atoms with Gasteiger partial charge in [-0.3, -0.25) is 0 Å². The van der Waals surface area contributed by atoms with Gasteiger partial charge in [0.15, 0.2) is 0 Å². The van der Waals surface area contributed by atoms with Crippen molar-refractivity contribution in [3.8, 4) is 0 Å². The van der Waals surface area contributed by atoms with Crippen LogP contribution < -0.4 is 0 Å². The molecule has 1 fully saturated rings. The molecule has 0 saturated carbocycles. The molecule has 10 heavy (non-hydrogen) atoms. The summed E-state index contributed by atoms with van der Waals surface area (Å²) in [5, 5.41) is 0. The van der Waals surface area contributed by atoms with Gasteiger partial charge in [-0.1, -0.05) is 0 Å². The van der Waals surface area contributed by atoms with Gasteiger partial charge in [-0.15, -0.1) is 0 Å². The molecular weight excluding hydrogens is 128 g/mol. The van der Waals surface area contributed by atoms with Crippen LogP contribution in [-0.2, 0) is 9.47 Å². The molecule has 1 saturated heterocycles.